The summed E-state index contributed by atoms with van der Waals surface area (Å²) in [7, 11) is -0.382. The quantitative estimate of drug-likeness (QED) is 0.596. The van der Waals surface area contributed by atoms with Crippen LogP contribution in [0.15, 0.2) is 12.4 Å². The van der Waals surface area contributed by atoms with Crippen LogP contribution in [-0.4, -0.2) is 53.0 Å². The predicted octanol–water partition coefficient (Wildman–Crippen LogP) is 0.191. The van der Waals surface area contributed by atoms with Crippen molar-refractivity contribution in [2.75, 3.05) is 19.8 Å². The van der Waals surface area contributed by atoms with E-state index in [1.807, 2.05) is 33.9 Å². The average molecular weight is 282 g/mol. The lowest BCUT2D eigenvalue weighted by molar-refractivity contribution is 0.00578. The Labute approximate surface area is 120 Å². The summed E-state index contributed by atoms with van der Waals surface area (Å²) in [5.74, 6) is 0. The Morgan fingerprint density at radius 1 is 1.25 bits per heavy atom. The molecule has 1 aliphatic heterocycles. The molecule has 112 valence electrons. The van der Waals surface area contributed by atoms with Gasteiger partial charge in [0.05, 0.1) is 37.6 Å². The van der Waals surface area contributed by atoms with Crippen molar-refractivity contribution in [2.45, 2.75) is 45.4 Å². The molecule has 7 heteroatoms. The Balaban J connectivity index is 1.93. The molecule has 0 spiro atoms. The van der Waals surface area contributed by atoms with Gasteiger partial charge in [0.1, 0.15) is 0 Å². The smallest absolute Gasteiger partial charge is 0.399 e. The molecule has 0 radical (unpaired) electrons. The van der Waals surface area contributed by atoms with Gasteiger partial charge in [0.25, 0.3) is 0 Å². The van der Waals surface area contributed by atoms with Gasteiger partial charge in [0.2, 0.25) is 0 Å². The highest BCUT2D eigenvalue weighted by molar-refractivity contribution is 6.61. The highest BCUT2D eigenvalue weighted by atomic mass is 16.7. The SMILES string of the molecule is CC1(C)OB(c2cnn(CCOCCO)c2)OC1(C)C. The van der Waals surface area contributed by atoms with Crippen molar-refractivity contribution in [2.24, 2.45) is 0 Å². The van der Waals surface area contributed by atoms with Gasteiger partial charge >= 0.3 is 7.12 Å². The molecule has 6 nitrogen and oxygen atoms in total. The Kier molecular flexibility index (Phi) is 4.54. The number of ether oxygens (including phenoxy) is 1. The molecule has 1 aliphatic rings. The lowest BCUT2D eigenvalue weighted by Crippen LogP contribution is -2.41. The molecule has 0 unspecified atom stereocenters. The number of aliphatic hydroxyl groups is 1. The summed E-state index contributed by atoms with van der Waals surface area (Å²) in [6.45, 7) is 9.66. The van der Waals surface area contributed by atoms with Crippen LogP contribution in [0.4, 0.5) is 0 Å². The summed E-state index contributed by atoms with van der Waals surface area (Å²) in [6, 6.07) is 0. The van der Waals surface area contributed by atoms with Gasteiger partial charge in [0, 0.05) is 17.9 Å². The lowest BCUT2D eigenvalue weighted by atomic mass is 9.82. The van der Waals surface area contributed by atoms with Crippen molar-refractivity contribution in [3.05, 3.63) is 12.4 Å². The zero-order chi connectivity index (χ0) is 14.8. The van der Waals surface area contributed by atoms with E-state index in [1.54, 1.807) is 10.9 Å². The van der Waals surface area contributed by atoms with Gasteiger partial charge in [-0.1, -0.05) is 0 Å². The van der Waals surface area contributed by atoms with E-state index in [9.17, 15) is 0 Å². The normalized spacial score (nSPS) is 20.6. The number of hydrogen-bond donors (Lipinski definition) is 1. The molecule has 1 aromatic heterocycles. The molecule has 1 fully saturated rings. The van der Waals surface area contributed by atoms with E-state index < -0.39 is 0 Å². The van der Waals surface area contributed by atoms with Crippen molar-refractivity contribution in [3.8, 4) is 0 Å². The summed E-state index contributed by atoms with van der Waals surface area (Å²) in [4.78, 5) is 0. The number of nitrogens with zero attached hydrogens (tertiary/aromatic N) is 2. The number of aromatic nitrogens is 2. The minimum Gasteiger partial charge on any atom is -0.399 e. The molecule has 0 atom stereocenters. The standard InChI is InChI=1S/C13H23BN2O4/c1-12(2)13(3,4)20-14(19-12)11-9-15-16(10-11)5-7-18-8-6-17/h9-10,17H,5-8H2,1-4H3. The predicted molar refractivity (Wildman–Crippen MR) is 75.8 cm³/mol. The molecule has 0 amide bonds. The van der Waals surface area contributed by atoms with Crippen LogP contribution in [0.2, 0.25) is 0 Å². The third kappa shape index (κ3) is 3.23. The monoisotopic (exact) mass is 282 g/mol. The third-order valence-electron chi connectivity index (χ3n) is 3.88. The van der Waals surface area contributed by atoms with Gasteiger partial charge in [-0.2, -0.15) is 5.10 Å². The first-order valence-electron chi connectivity index (χ1n) is 6.92. The van der Waals surface area contributed by atoms with E-state index in [0.29, 0.717) is 19.8 Å². The molecular weight excluding hydrogens is 259 g/mol. The van der Waals surface area contributed by atoms with Crippen LogP contribution in [0.1, 0.15) is 27.7 Å². The average Bonchev–Trinajstić information content (AvgIpc) is 2.89. The molecule has 1 N–H and O–H groups in total. The third-order valence-corrected chi connectivity index (χ3v) is 3.88. The van der Waals surface area contributed by atoms with Gasteiger partial charge in [-0.05, 0) is 27.7 Å². The lowest BCUT2D eigenvalue weighted by Gasteiger charge is -2.32. The largest absolute Gasteiger partial charge is 0.498 e. The molecule has 1 saturated heterocycles. The zero-order valence-electron chi connectivity index (χ0n) is 12.6. The topological polar surface area (TPSA) is 65.7 Å². The van der Waals surface area contributed by atoms with Crippen molar-refractivity contribution < 1.29 is 19.2 Å². The second kappa shape index (κ2) is 5.85. The van der Waals surface area contributed by atoms with Crippen LogP contribution in [0, 0.1) is 0 Å². The zero-order valence-corrected chi connectivity index (χ0v) is 12.6. The van der Waals surface area contributed by atoms with Crippen LogP contribution < -0.4 is 5.46 Å². The Bertz CT molecular complexity index is 431. The fourth-order valence-electron chi connectivity index (χ4n) is 1.93. The highest BCUT2D eigenvalue weighted by Gasteiger charge is 2.52. The van der Waals surface area contributed by atoms with E-state index in [1.165, 1.54) is 0 Å². The van der Waals surface area contributed by atoms with E-state index in [2.05, 4.69) is 5.10 Å². The summed E-state index contributed by atoms with van der Waals surface area (Å²) >= 11 is 0. The van der Waals surface area contributed by atoms with Gasteiger partial charge in [-0.15, -0.1) is 0 Å². The first-order chi connectivity index (χ1) is 9.36. The van der Waals surface area contributed by atoms with Crippen LogP contribution in [0.3, 0.4) is 0 Å². The summed E-state index contributed by atoms with van der Waals surface area (Å²) in [5.41, 5.74) is 0.222. The van der Waals surface area contributed by atoms with Crippen LogP contribution >= 0.6 is 0 Å². The molecule has 1 aromatic rings. The maximum atomic E-state index is 8.63. The Morgan fingerprint density at radius 2 is 1.90 bits per heavy atom. The molecular formula is C13H23BN2O4. The van der Waals surface area contributed by atoms with E-state index in [4.69, 9.17) is 19.2 Å². The second-order valence-corrected chi connectivity index (χ2v) is 5.96. The van der Waals surface area contributed by atoms with E-state index in [0.717, 1.165) is 5.46 Å². The fourth-order valence-corrected chi connectivity index (χ4v) is 1.93. The van der Waals surface area contributed by atoms with Gasteiger partial charge in [-0.3, -0.25) is 4.68 Å². The Hall–Kier alpha value is -0.885. The van der Waals surface area contributed by atoms with Crippen LogP contribution in [-0.2, 0) is 20.6 Å². The highest BCUT2D eigenvalue weighted by Crippen LogP contribution is 2.36. The number of hydrogen-bond acceptors (Lipinski definition) is 5. The fraction of sp³-hybridized carbons (Fsp3) is 0.769. The first kappa shape index (κ1) is 15.5. The maximum absolute atomic E-state index is 8.63. The van der Waals surface area contributed by atoms with Crippen LogP contribution in [0.25, 0.3) is 0 Å². The molecule has 2 heterocycles. The number of rotatable bonds is 6. The van der Waals surface area contributed by atoms with Gasteiger partial charge in [0.15, 0.2) is 0 Å². The van der Waals surface area contributed by atoms with Crippen molar-refractivity contribution >= 4 is 12.6 Å². The molecule has 0 saturated carbocycles. The molecule has 0 aliphatic carbocycles. The maximum Gasteiger partial charge on any atom is 0.498 e. The molecule has 0 aromatic carbocycles. The number of aliphatic hydroxyl groups excluding tert-OH is 1. The van der Waals surface area contributed by atoms with Crippen molar-refractivity contribution in [1.29, 1.82) is 0 Å². The van der Waals surface area contributed by atoms with E-state index >= 15 is 0 Å². The summed E-state index contributed by atoms with van der Waals surface area (Å²) in [5, 5.41) is 12.9. The summed E-state index contributed by atoms with van der Waals surface area (Å²) in [6.07, 6.45) is 3.67. The minimum atomic E-state index is -0.382. The molecule has 20 heavy (non-hydrogen) atoms. The van der Waals surface area contributed by atoms with Crippen molar-refractivity contribution in [1.82, 2.24) is 9.78 Å². The molecule has 2 rings (SSSR count). The second-order valence-electron chi connectivity index (χ2n) is 5.96. The van der Waals surface area contributed by atoms with Crippen LogP contribution in [0.5, 0.6) is 0 Å². The first-order valence-corrected chi connectivity index (χ1v) is 6.92. The van der Waals surface area contributed by atoms with Gasteiger partial charge in [-0.25, -0.2) is 0 Å². The minimum absolute atomic E-state index is 0.0400. The summed E-state index contributed by atoms with van der Waals surface area (Å²) < 4.78 is 18.9. The Morgan fingerprint density at radius 3 is 2.50 bits per heavy atom. The molecule has 0 bridgehead atoms. The van der Waals surface area contributed by atoms with E-state index in [-0.39, 0.29) is 24.9 Å². The van der Waals surface area contributed by atoms with Crippen molar-refractivity contribution in [3.63, 3.8) is 0 Å². The van der Waals surface area contributed by atoms with Gasteiger partial charge < -0.3 is 19.2 Å².